The van der Waals surface area contributed by atoms with E-state index in [2.05, 4.69) is 29.4 Å². The maximum atomic E-state index is 10.1. The van der Waals surface area contributed by atoms with Gasteiger partial charge in [-0.05, 0) is 51.0 Å². The third-order valence-electron chi connectivity index (χ3n) is 4.36. The summed E-state index contributed by atoms with van der Waals surface area (Å²) in [5.41, 5.74) is 0.570. The first kappa shape index (κ1) is 15.1. The third-order valence-corrected chi connectivity index (χ3v) is 6.21. The summed E-state index contributed by atoms with van der Waals surface area (Å²) in [6.07, 6.45) is 4.17. The molecule has 2 heterocycles. The van der Waals surface area contributed by atoms with Crippen LogP contribution in [0.1, 0.15) is 26.7 Å². The Morgan fingerprint density at radius 1 is 1.33 bits per heavy atom. The zero-order valence-corrected chi connectivity index (χ0v) is 14.4. The van der Waals surface area contributed by atoms with Gasteiger partial charge in [0.2, 0.25) is 0 Å². The number of hydrogen-bond donors (Lipinski definition) is 1. The van der Waals surface area contributed by atoms with Gasteiger partial charge in [-0.25, -0.2) is 4.98 Å². The Bertz CT molecular complexity index is 625. The second kappa shape index (κ2) is 5.78. The number of piperidine rings is 1. The quantitative estimate of drug-likeness (QED) is 0.866. The molecule has 0 spiro atoms. The van der Waals surface area contributed by atoms with Crippen molar-refractivity contribution < 1.29 is 5.11 Å². The van der Waals surface area contributed by atoms with Crippen LogP contribution in [0.5, 0.6) is 0 Å². The van der Waals surface area contributed by atoms with Gasteiger partial charge in [0, 0.05) is 18.0 Å². The van der Waals surface area contributed by atoms with Gasteiger partial charge in [0.05, 0.1) is 15.8 Å². The lowest BCUT2D eigenvalue weighted by molar-refractivity contribution is 0.00651. The molecule has 1 aromatic carbocycles. The number of fused-ring (bicyclic) bond motifs is 1. The summed E-state index contributed by atoms with van der Waals surface area (Å²) in [7, 11) is 0. The highest BCUT2D eigenvalue weighted by Crippen LogP contribution is 2.36. The molecular weight excluding hydrogens is 300 g/mol. The van der Waals surface area contributed by atoms with E-state index >= 15 is 0 Å². The highest BCUT2D eigenvalue weighted by Gasteiger charge is 2.31. The molecule has 0 radical (unpaired) electrons. The van der Waals surface area contributed by atoms with Crippen LogP contribution >= 0.6 is 23.1 Å². The van der Waals surface area contributed by atoms with Crippen LogP contribution in [-0.2, 0) is 0 Å². The highest BCUT2D eigenvalue weighted by molar-refractivity contribution is 7.98. The molecule has 1 fully saturated rings. The Labute approximate surface area is 134 Å². The molecule has 21 heavy (non-hydrogen) atoms. The lowest BCUT2D eigenvalue weighted by Gasteiger charge is -2.37. The van der Waals surface area contributed by atoms with E-state index in [0.29, 0.717) is 5.92 Å². The fraction of sp³-hybridized carbons (Fsp3) is 0.562. The molecule has 2 aromatic rings. The first-order valence-corrected chi connectivity index (χ1v) is 9.44. The van der Waals surface area contributed by atoms with E-state index in [9.17, 15) is 5.11 Å². The molecule has 114 valence electrons. The maximum absolute atomic E-state index is 10.1. The molecule has 0 aliphatic carbocycles. The van der Waals surface area contributed by atoms with E-state index in [4.69, 9.17) is 4.98 Å². The number of aliphatic hydroxyl groups is 1. The third kappa shape index (κ3) is 3.05. The molecule has 1 aliphatic rings. The van der Waals surface area contributed by atoms with Crippen LogP contribution in [0.25, 0.3) is 10.2 Å². The van der Waals surface area contributed by atoms with Gasteiger partial charge in [0.25, 0.3) is 0 Å². The Hall–Kier alpha value is -0.780. The predicted octanol–water partition coefficient (Wildman–Crippen LogP) is 4.01. The number of thioether (sulfide) groups is 1. The molecule has 1 aromatic heterocycles. The van der Waals surface area contributed by atoms with Crippen LogP contribution in [0.2, 0.25) is 0 Å². The van der Waals surface area contributed by atoms with E-state index < -0.39 is 5.60 Å². The number of hydrogen-bond acceptors (Lipinski definition) is 5. The number of benzene rings is 1. The zero-order valence-electron chi connectivity index (χ0n) is 12.8. The number of anilines is 1. The van der Waals surface area contributed by atoms with Crippen molar-refractivity contribution in [3.8, 4) is 0 Å². The molecule has 0 unspecified atom stereocenters. The summed E-state index contributed by atoms with van der Waals surface area (Å²) in [5.74, 6) is 0.393. The van der Waals surface area contributed by atoms with E-state index in [1.165, 1.54) is 9.60 Å². The fourth-order valence-electron chi connectivity index (χ4n) is 2.99. The lowest BCUT2D eigenvalue weighted by Crippen LogP contribution is -2.41. The van der Waals surface area contributed by atoms with Crippen LogP contribution in [0.15, 0.2) is 23.1 Å². The van der Waals surface area contributed by atoms with Gasteiger partial charge in [-0.1, -0.05) is 17.4 Å². The second-order valence-electron chi connectivity index (χ2n) is 6.22. The Balaban J connectivity index is 1.80. The molecule has 1 N–H and O–H groups in total. The molecule has 0 atom stereocenters. The van der Waals surface area contributed by atoms with Gasteiger partial charge in [0.1, 0.15) is 0 Å². The SMILES string of the molecule is CSc1cccc2sc(N3CCC(C(C)(C)O)CC3)nc12. The Kier molecular flexibility index (Phi) is 4.17. The number of thiazole rings is 1. The highest BCUT2D eigenvalue weighted by atomic mass is 32.2. The summed E-state index contributed by atoms with van der Waals surface area (Å²) in [4.78, 5) is 8.48. The molecule has 3 rings (SSSR count). The molecular formula is C16H22N2OS2. The normalized spacial score (nSPS) is 17.6. The van der Waals surface area contributed by atoms with Crippen molar-refractivity contribution in [2.24, 2.45) is 5.92 Å². The van der Waals surface area contributed by atoms with Gasteiger partial charge in [-0.15, -0.1) is 11.8 Å². The minimum absolute atomic E-state index is 0.393. The summed E-state index contributed by atoms with van der Waals surface area (Å²) >= 11 is 3.54. The Morgan fingerprint density at radius 3 is 2.67 bits per heavy atom. The summed E-state index contributed by atoms with van der Waals surface area (Å²) in [6.45, 7) is 5.83. The molecule has 1 aliphatic heterocycles. The largest absolute Gasteiger partial charge is 0.390 e. The topological polar surface area (TPSA) is 36.4 Å². The number of aromatic nitrogens is 1. The fourth-order valence-corrected chi connectivity index (χ4v) is 4.66. The minimum atomic E-state index is -0.564. The smallest absolute Gasteiger partial charge is 0.186 e. The van der Waals surface area contributed by atoms with Crippen molar-refractivity contribution >= 4 is 38.4 Å². The monoisotopic (exact) mass is 322 g/mol. The molecule has 0 bridgehead atoms. The van der Waals surface area contributed by atoms with Crippen molar-refractivity contribution in [1.29, 1.82) is 0 Å². The van der Waals surface area contributed by atoms with E-state index in [0.717, 1.165) is 36.6 Å². The zero-order chi connectivity index (χ0) is 15.0. The van der Waals surface area contributed by atoms with Gasteiger partial charge in [0.15, 0.2) is 5.13 Å². The van der Waals surface area contributed by atoms with E-state index in [1.807, 2.05) is 13.8 Å². The van der Waals surface area contributed by atoms with Gasteiger partial charge >= 0.3 is 0 Å². The number of nitrogens with zero attached hydrogens (tertiary/aromatic N) is 2. The van der Waals surface area contributed by atoms with Gasteiger partial charge in [-0.3, -0.25) is 0 Å². The van der Waals surface area contributed by atoms with Crippen LogP contribution in [0.4, 0.5) is 5.13 Å². The van der Waals surface area contributed by atoms with Gasteiger partial charge in [-0.2, -0.15) is 0 Å². The van der Waals surface area contributed by atoms with Crippen molar-refractivity contribution in [2.75, 3.05) is 24.2 Å². The molecule has 0 saturated carbocycles. The van der Waals surface area contributed by atoms with Gasteiger partial charge < -0.3 is 10.0 Å². The van der Waals surface area contributed by atoms with Crippen molar-refractivity contribution in [2.45, 2.75) is 37.2 Å². The summed E-state index contributed by atoms with van der Waals surface area (Å²) < 4.78 is 1.27. The van der Waals surface area contributed by atoms with Crippen molar-refractivity contribution in [3.63, 3.8) is 0 Å². The maximum Gasteiger partial charge on any atom is 0.186 e. The number of para-hydroxylation sites is 1. The Morgan fingerprint density at radius 2 is 2.05 bits per heavy atom. The van der Waals surface area contributed by atoms with Crippen LogP contribution < -0.4 is 4.90 Å². The molecule has 0 amide bonds. The average molecular weight is 322 g/mol. The van der Waals surface area contributed by atoms with Crippen LogP contribution in [0.3, 0.4) is 0 Å². The first-order valence-electron chi connectivity index (χ1n) is 7.40. The first-order chi connectivity index (χ1) is 9.99. The summed E-state index contributed by atoms with van der Waals surface area (Å²) in [6, 6.07) is 6.40. The van der Waals surface area contributed by atoms with E-state index in [1.54, 1.807) is 23.1 Å². The standard InChI is InChI=1S/C16H22N2OS2/c1-16(2,19)11-7-9-18(10-8-11)15-17-14-12(20-3)5-4-6-13(14)21-15/h4-6,11,19H,7-10H2,1-3H3. The predicted molar refractivity (Wildman–Crippen MR) is 92.6 cm³/mol. The van der Waals surface area contributed by atoms with Crippen molar-refractivity contribution in [3.05, 3.63) is 18.2 Å². The van der Waals surface area contributed by atoms with Crippen LogP contribution in [0, 0.1) is 5.92 Å². The van der Waals surface area contributed by atoms with Crippen LogP contribution in [-0.4, -0.2) is 35.0 Å². The minimum Gasteiger partial charge on any atom is -0.390 e. The second-order valence-corrected chi connectivity index (χ2v) is 8.08. The lowest BCUT2D eigenvalue weighted by atomic mass is 9.83. The number of rotatable bonds is 3. The molecule has 5 heteroatoms. The average Bonchev–Trinajstić information content (AvgIpc) is 2.90. The molecule has 3 nitrogen and oxygen atoms in total. The van der Waals surface area contributed by atoms with E-state index in [-0.39, 0.29) is 0 Å². The molecule has 1 saturated heterocycles. The summed E-state index contributed by atoms with van der Waals surface area (Å²) in [5, 5.41) is 11.3. The van der Waals surface area contributed by atoms with Crippen molar-refractivity contribution in [1.82, 2.24) is 4.98 Å².